The van der Waals surface area contributed by atoms with Gasteiger partial charge >= 0.3 is 0 Å². The largest absolute Gasteiger partial charge is 0.372 e. The Kier molecular flexibility index (Phi) is 6.00. The lowest BCUT2D eigenvalue weighted by molar-refractivity contribution is 0.562. The van der Waals surface area contributed by atoms with Gasteiger partial charge < -0.3 is 4.90 Å². The van der Waals surface area contributed by atoms with Crippen LogP contribution in [0.3, 0.4) is 0 Å². The summed E-state index contributed by atoms with van der Waals surface area (Å²) in [4.78, 5) is 35.0. The molecule has 0 bridgehead atoms. The van der Waals surface area contributed by atoms with E-state index >= 15 is 0 Å². The van der Waals surface area contributed by atoms with E-state index in [0.717, 1.165) is 30.0 Å². The van der Waals surface area contributed by atoms with Crippen LogP contribution in [0.15, 0.2) is 58.1 Å². The van der Waals surface area contributed by atoms with E-state index in [1.54, 1.807) is 42.5 Å². The molecule has 1 aromatic carbocycles. The maximum atomic E-state index is 10.9. The van der Waals surface area contributed by atoms with Crippen molar-refractivity contribution >= 4 is 28.9 Å². The van der Waals surface area contributed by atoms with Gasteiger partial charge in [-0.05, 0) is 51.5 Å². The molecule has 0 fully saturated rings. The minimum atomic E-state index is -0.516. The van der Waals surface area contributed by atoms with Crippen LogP contribution >= 0.6 is 0 Å². The lowest BCUT2D eigenvalue weighted by atomic mass is 10.1. The summed E-state index contributed by atoms with van der Waals surface area (Å²) in [7, 11) is 0. The van der Waals surface area contributed by atoms with Gasteiger partial charge in [0.05, 0.1) is 18.1 Å². The van der Waals surface area contributed by atoms with Crippen molar-refractivity contribution < 1.29 is 4.79 Å². The predicted octanol–water partition coefficient (Wildman–Crippen LogP) is 3.56. The number of nitrogens with zero attached hydrogens (tertiary/aromatic N) is 8. The number of benzene rings is 1. The molecular formula is C23H24N8O. The Morgan fingerprint density at radius 1 is 1.16 bits per heavy atom. The first-order valence-electron chi connectivity index (χ1n) is 10.5. The van der Waals surface area contributed by atoms with E-state index in [4.69, 9.17) is 4.99 Å². The summed E-state index contributed by atoms with van der Waals surface area (Å²) in [6.45, 7) is 9.96. The maximum absolute atomic E-state index is 10.9. The number of carbonyl (C=O) groups excluding carboxylic acids is 1. The van der Waals surface area contributed by atoms with Crippen molar-refractivity contribution in [2.24, 2.45) is 15.1 Å². The molecule has 0 aliphatic carbocycles. The number of aromatic nitrogens is 4. The highest BCUT2D eigenvalue weighted by Crippen LogP contribution is 2.29. The van der Waals surface area contributed by atoms with E-state index < -0.39 is 6.04 Å². The van der Waals surface area contributed by atoms with E-state index in [1.165, 1.54) is 0 Å². The molecule has 9 nitrogen and oxygen atoms in total. The van der Waals surface area contributed by atoms with Crippen molar-refractivity contribution in [2.75, 3.05) is 18.0 Å². The van der Waals surface area contributed by atoms with E-state index in [9.17, 15) is 4.79 Å². The number of hydrogen-bond donors (Lipinski definition) is 0. The van der Waals surface area contributed by atoms with Crippen molar-refractivity contribution in [1.82, 2.24) is 19.6 Å². The van der Waals surface area contributed by atoms with Gasteiger partial charge in [0.25, 0.3) is 0 Å². The summed E-state index contributed by atoms with van der Waals surface area (Å²) in [6, 6.07) is 5.67. The zero-order valence-electron chi connectivity index (χ0n) is 18.5. The van der Waals surface area contributed by atoms with E-state index in [0.29, 0.717) is 28.6 Å². The van der Waals surface area contributed by atoms with Gasteiger partial charge in [-0.15, -0.1) is 0 Å². The first-order valence-corrected chi connectivity index (χ1v) is 10.5. The van der Waals surface area contributed by atoms with Gasteiger partial charge in [-0.3, -0.25) is 9.97 Å². The minimum Gasteiger partial charge on any atom is -0.372 e. The molecule has 0 spiro atoms. The van der Waals surface area contributed by atoms with Gasteiger partial charge in [0.15, 0.2) is 5.82 Å². The van der Waals surface area contributed by atoms with Gasteiger partial charge in [-0.2, -0.15) is 10.1 Å². The number of anilines is 1. The molecule has 1 unspecified atom stereocenters. The molecule has 0 amide bonds. The Balaban J connectivity index is 1.81. The Morgan fingerprint density at radius 2 is 1.97 bits per heavy atom. The highest BCUT2D eigenvalue weighted by Gasteiger charge is 2.31. The quantitative estimate of drug-likeness (QED) is 0.423. The Hall–Kier alpha value is -3.97. The molecule has 2 aromatic heterocycles. The van der Waals surface area contributed by atoms with Crippen LogP contribution in [-0.4, -0.2) is 56.3 Å². The molecule has 1 aliphatic rings. The van der Waals surface area contributed by atoms with E-state index in [2.05, 4.69) is 55.9 Å². The van der Waals surface area contributed by atoms with E-state index in [1.807, 2.05) is 13.0 Å². The fourth-order valence-corrected chi connectivity index (χ4v) is 3.68. The molecule has 1 atom stereocenters. The topological polar surface area (TPSA) is 101 Å². The van der Waals surface area contributed by atoms with Crippen molar-refractivity contribution in [3.8, 4) is 11.4 Å². The molecule has 0 saturated carbocycles. The number of isocyanates is 1. The van der Waals surface area contributed by atoms with Crippen LogP contribution in [0.2, 0.25) is 0 Å². The normalized spacial score (nSPS) is 14.6. The number of imidazole rings is 1. The Morgan fingerprint density at radius 3 is 2.62 bits per heavy atom. The van der Waals surface area contributed by atoms with Crippen molar-refractivity contribution in [3.05, 3.63) is 54.4 Å². The number of fused-ring (bicyclic) bond motifs is 1. The first kappa shape index (κ1) is 21.3. The third kappa shape index (κ3) is 3.86. The molecule has 0 saturated heterocycles. The molecule has 3 aromatic rings. The Bertz CT molecular complexity index is 1230. The van der Waals surface area contributed by atoms with Crippen LogP contribution in [0.5, 0.6) is 0 Å². The fourth-order valence-electron chi connectivity index (χ4n) is 3.68. The van der Waals surface area contributed by atoms with Crippen LogP contribution in [0.4, 0.5) is 11.4 Å². The predicted molar refractivity (Wildman–Crippen MR) is 125 cm³/mol. The summed E-state index contributed by atoms with van der Waals surface area (Å²) in [6.07, 6.45) is 8.19. The summed E-state index contributed by atoms with van der Waals surface area (Å²) in [5, 5.41) is 4.68. The monoisotopic (exact) mass is 428 g/mol. The number of rotatable bonds is 7. The van der Waals surface area contributed by atoms with Gasteiger partial charge in [0, 0.05) is 31.2 Å². The molecule has 1 aliphatic heterocycles. The lowest BCUT2D eigenvalue weighted by Crippen LogP contribution is -2.23. The molecule has 3 heterocycles. The average molecular weight is 429 g/mol. The molecule has 0 N–H and O–H groups in total. The van der Waals surface area contributed by atoms with Crippen LogP contribution in [0, 0.1) is 6.92 Å². The smallest absolute Gasteiger partial charge is 0.235 e. The summed E-state index contributed by atoms with van der Waals surface area (Å²) < 4.78 is 1.68. The van der Waals surface area contributed by atoms with Crippen LogP contribution in [0.25, 0.3) is 11.4 Å². The van der Waals surface area contributed by atoms with Crippen LogP contribution in [-0.2, 0) is 4.79 Å². The van der Waals surface area contributed by atoms with Gasteiger partial charge in [-0.25, -0.2) is 19.4 Å². The summed E-state index contributed by atoms with van der Waals surface area (Å²) in [5.74, 6) is 0.570. The molecule has 162 valence electrons. The average Bonchev–Trinajstić information content (AvgIpc) is 3.37. The first-order chi connectivity index (χ1) is 15.6. The Labute approximate surface area is 186 Å². The second-order valence-electron chi connectivity index (χ2n) is 7.35. The number of hydrogen-bond acceptors (Lipinski definition) is 8. The SMILES string of the molecule is CCN(CC)c1ccc(/N=C2/C(C(C)N=C=O)=Nn3c(-c4cnccn4)cnc32)c(C)c1. The lowest BCUT2D eigenvalue weighted by Gasteiger charge is -2.21. The van der Waals surface area contributed by atoms with Gasteiger partial charge in [-0.1, -0.05) is 0 Å². The van der Waals surface area contributed by atoms with E-state index in [-0.39, 0.29) is 0 Å². The fraction of sp³-hybridized carbons (Fsp3) is 0.304. The summed E-state index contributed by atoms with van der Waals surface area (Å²) in [5.41, 5.74) is 5.45. The second-order valence-corrected chi connectivity index (χ2v) is 7.35. The minimum absolute atomic E-state index is 0.516. The molecule has 32 heavy (non-hydrogen) atoms. The number of aliphatic imine (C=N–C) groups is 2. The zero-order chi connectivity index (χ0) is 22.7. The second kappa shape index (κ2) is 9.03. The standard InChI is InChI=1S/C23H24N8O/c1-5-30(6-2)17-7-8-18(15(3)11-17)28-22-21(16(4)27-14-32)29-31-20(13-26-23(22)31)19-12-24-9-10-25-19/h7-13,16H,5-6H2,1-4H3/b28-22-. The third-order valence-corrected chi connectivity index (χ3v) is 5.41. The van der Waals surface area contributed by atoms with Crippen molar-refractivity contribution in [3.63, 3.8) is 0 Å². The molecule has 9 heteroatoms. The number of aryl methyl sites for hydroxylation is 1. The van der Waals surface area contributed by atoms with Crippen LogP contribution in [0.1, 0.15) is 32.2 Å². The molecule has 0 radical (unpaired) electrons. The highest BCUT2D eigenvalue weighted by atomic mass is 16.1. The van der Waals surface area contributed by atoms with Crippen molar-refractivity contribution in [1.29, 1.82) is 0 Å². The molecular weight excluding hydrogens is 404 g/mol. The van der Waals surface area contributed by atoms with Gasteiger partial charge in [0.1, 0.15) is 28.9 Å². The van der Waals surface area contributed by atoms with Crippen LogP contribution < -0.4 is 4.90 Å². The highest BCUT2D eigenvalue weighted by molar-refractivity contribution is 6.51. The van der Waals surface area contributed by atoms with Gasteiger partial charge in [0.2, 0.25) is 6.08 Å². The van der Waals surface area contributed by atoms with Crippen molar-refractivity contribution in [2.45, 2.75) is 33.7 Å². The maximum Gasteiger partial charge on any atom is 0.235 e. The zero-order valence-corrected chi connectivity index (χ0v) is 18.5. The summed E-state index contributed by atoms with van der Waals surface area (Å²) >= 11 is 0. The molecule has 4 rings (SSSR count). The third-order valence-electron chi connectivity index (χ3n) is 5.41.